The number of nitrogens with one attached hydrogen (secondary N) is 2. The van der Waals surface area contributed by atoms with Crippen LogP contribution in [-0.4, -0.2) is 48.6 Å². The molecule has 1 fully saturated rings. The second-order valence-electron chi connectivity index (χ2n) is 7.41. The van der Waals surface area contributed by atoms with Gasteiger partial charge in [-0.3, -0.25) is 9.89 Å². The number of nitrogens with zero attached hydrogens (tertiary/aromatic N) is 3. The van der Waals surface area contributed by atoms with Crippen LogP contribution in [0, 0.1) is 11.8 Å². The first-order valence-electron chi connectivity index (χ1n) is 9.65. The van der Waals surface area contributed by atoms with E-state index in [1.54, 1.807) is 11.3 Å². The Kier molecular flexibility index (Phi) is 11.0. The van der Waals surface area contributed by atoms with E-state index in [1.165, 1.54) is 30.8 Å². The molecule has 1 aromatic heterocycles. The Morgan fingerprint density at radius 3 is 2.58 bits per heavy atom. The summed E-state index contributed by atoms with van der Waals surface area (Å²) in [4.78, 5) is 12.8. The second kappa shape index (κ2) is 12.1. The molecule has 5 nitrogen and oxygen atoms in total. The molecule has 1 aromatic rings. The van der Waals surface area contributed by atoms with E-state index in [-0.39, 0.29) is 24.0 Å². The van der Waals surface area contributed by atoms with E-state index in [0.717, 1.165) is 36.4 Å². The third kappa shape index (κ3) is 7.31. The summed E-state index contributed by atoms with van der Waals surface area (Å²) in [6.07, 6.45) is 5.67. The number of likely N-dealkylation sites (tertiary alicyclic amines) is 1. The first-order chi connectivity index (χ1) is 12.0. The quantitative estimate of drug-likeness (QED) is 0.345. The molecule has 0 amide bonds. The highest BCUT2D eigenvalue weighted by atomic mass is 127. The lowest BCUT2D eigenvalue weighted by Gasteiger charge is -2.39. The molecule has 0 saturated carbocycles. The van der Waals surface area contributed by atoms with Crippen LogP contribution in [-0.2, 0) is 13.0 Å². The standard InChI is InChI=1S/C19H35N5S.HI/c1-6-16-11-21-18(25-16)13-23-19(20-5)22-12-17(14(2)3)24-9-7-15(4)8-10-24;/h11,14-15,17H,6-10,12-13H2,1-5H3,(H2,20,22,23);1H. The fraction of sp³-hybridized carbons (Fsp3) is 0.789. The summed E-state index contributed by atoms with van der Waals surface area (Å²) < 4.78 is 0. The van der Waals surface area contributed by atoms with Gasteiger partial charge in [-0.25, -0.2) is 4.98 Å². The van der Waals surface area contributed by atoms with Gasteiger partial charge in [0.25, 0.3) is 0 Å². The zero-order chi connectivity index (χ0) is 18.2. The van der Waals surface area contributed by atoms with Crippen LogP contribution in [0.1, 0.15) is 50.4 Å². The molecule has 1 aliphatic heterocycles. The lowest BCUT2D eigenvalue weighted by Crippen LogP contribution is -2.51. The molecule has 0 bridgehead atoms. The number of aryl methyl sites for hydroxylation is 1. The van der Waals surface area contributed by atoms with Gasteiger partial charge >= 0.3 is 0 Å². The molecule has 26 heavy (non-hydrogen) atoms. The summed E-state index contributed by atoms with van der Waals surface area (Å²) in [6, 6.07) is 0.553. The van der Waals surface area contributed by atoms with E-state index < -0.39 is 0 Å². The van der Waals surface area contributed by atoms with Crippen LogP contribution >= 0.6 is 35.3 Å². The monoisotopic (exact) mass is 493 g/mol. The Morgan fingerprint density at radius 2 is 2.04 bits per heavy atom. The topological polar surface area (TPSA) is 52.6 Å². The highest BCUT2D eigenvalue weighted by Crippen LogP contribution is 2.21. The lowest BCUT2D eigenvalue weighted by atomic mass is 9.94. The van der Waals surface area contributed by atoms with Crippen molar-refractivity contribution < 1.29 is 0 Å². The van der Waals surface area contributed by atoms with Gasteiger partial charge in [0.05, 0.1) is 6.54 Å². The Bertz CT molecular complexity index is 538. The molecule has 1 unspecified atom stereocenters. The number of hydrogen-bond donors (Lipinski definition) is 2. The third-order valence-electron chi connectivity index (χ3n) is 5.12. The van der Waals surface area contributed by atoms with E-state index >= 15 is 0 Å². The Morgan fingerprint density at radius 1 is 1.35 bits per heavy atom. The van der Waals surface area contributed by atoms with Crippen LogP contribution in [0.4, 0.5) is 0 Å². The highest BCUT2D eigenvalue weighted by Gasteiger charge is 2.25. The van der Waals surface area contributed by atoms with Gasteiger partial charge in [0.1, 0.15) is 5.01 Å². The Hall–Kier alpha value is -0.410. The van der Waals surface area contributed by atoms with E-state index in [4.69, 9.17) is 0 Å². The van der Waals surface area contributed by atoms with Crippen molar-refractivity contribution in [3.63, 3.8) is 0 Å². The number of rotatable bonds is 7. The first-order valence-corrected chi connectivity index (χ1v) is 10.5. The van der Waals surface area contributed by atoms with E-state index in [0.29, 0.717) is 12.0 Å². The van der Waals surface area contributed by atoms with Gasteiger partial charge in [-0.05, 0) is 44.2 Å². The maximum absolute atomic E-state index is 4.46. The fourth-order valence-electron chi connectivity index (χ4n) is 3.32. The molecule has 2 heterocycles. The molecule has 150 valence electrons. The maximum atomic E-state index is 4.46. The molecular weight excluding hydrogens is 457 g/mol. The number of aliphatic imine (C=N–C) groups is 1. The molecule has 0 spiro atoms. The number of halogens is 1. The van der Waals surface area contributed by atoms with E-state index in [9.17, 15) is 0 Å². The van der Waals surface area contributed by atoms with Crippen molar-refractivity contribution in [1.29, 1.82) is 0 Å². The van der Waals surface area contributed by atoms with Gasteiger partial charge in [0.2, 0.25) is 0 Å². The predicted molar refractivity (Wildman–Crippen MR) is 124 cm³/mol. The lowest BCUT2D eigenvalue weighted by molar-refractivity contribution is 0.110. The number of hydrogen-bond acceptors (Lipinski definition) is 4. The summed E-state index contributed by atoms with van der Waals surface area (Å²) in [7, 11) is 1.83. The van der Waals surface area contributed by atoms with Gasteiger partial charge in [0, 0.05) is 30.7 Å². The minimum atomic E-state index is 0. The fourth-order valence-corrected chi connectivity index (χ4v) is 4.12. The number of piperidine rings is 1. The van der Waals surface area contributed by atoms with Crippen LogP contribution < -0.4 is 10.6 Å². The Labute approximate surface area is 180 Å². The average Bonchev–Trinajstić information content (AvgIpc) is 3.07. The Balaban J connectivity index is 0.00000338. The SMILES string of the molecule is CCc1cnc(CNC(=NC)NCC(C(C)C)N2CCC(C)CC2)s1.I. The van der Waals surface area contributed by atoms with Crippen molar-refractivity contribution >= 4 is 41.3 Å². The highest BCUT2D eigenvalue weighted by molar-refractivity contribution is 14.0. The predicted octanol–water partition coefficient (Wildman–Crippen LogP) is 3.75. The number of thiazole rings is 1. The van der Waals surface area contributed by atoms with Crippen LogP contribution in [0.15, 0.2) is 11.2 Å². The van der Waals surface area contributed by atoms with Crippen molar-refractivity contribution in [3.8, 4) is 0 Å². The molecule has 1 atom stereocenters. The zero-order valence-electron chi connectivity index (χ0n) is 16.9. The molecule has 0 aromatic carbocycles. The third-order valence-corrected chi connectivity index (χ3v) is 6.26. The molecule has 1 saturated heterocycles. The molecule has 2 rings (SSSR count). The zero-order valence-corrected chi connectivity index (χ0v) is 20.1. The molecule has 1 aliphatic rings. The molecular formula is C19H36IN5S. The van der Waals surface area contributed by atoms with Gasteiger partial charge < -0.3 is 10.6 Å². The largest absolute Gasteiger partial charge is 0.355 e. The molecule has 7 heteroatoms. The molecule has 0 radical (unpaired) electrons. The van der Waals surface area contributed by atoms with Crippen molar-refractivity contribution in [2.24, 2.45) is 16.8 Å². The molecule has 0 aliphatic carbocycles. The second-order valence-corrected chi connectivity index (χ2v) is 8.61. The van der Waals surface area contributed by atoms with Crippen LogP contribution in [0.5, 0.6) is 0 Å². The summed E-state index contributed by atoms with van der Waals surface area (Å²) in [5.41, 5.74) is 0. The summed E-state index contributed by atoms with van der Waals surface area (Å²) >= 11 is 1.77. The van der Waals surface area contributed by atoms with Gasteiger partial charge in [0.15, 0.2) is 5.96 Å². The normalized spacial score (nSPS) is 17.8. The van der Waals surface area contributed by atoms with Gasteiger partial charge in [-0.1, -0.05) is 27.7 Å². The first kappa shape index (κ1) is 23.6. The van der Waals surface area contributed by atoms with Crippen molar-refractivity contribution in [2.45, 2.75) is 59.5 Å². The maximum Gasteiger partial charge on any atom is 0.191 e. The average molecular weight is 494 g/mol. The van der Waals surface area contributed by atoms with Crippen molar-refractivity contribution in [1.82, 2.24) is 20.5 Å². The van der Waals surface area contributed by atoms with Crippen LogP contribution in [0.25, 0.3) is 0 Å². The van der Waals surface area contributed by atoms with Crippen molar-refractivity contribution in [3.05, 3.63) is 16.1 Å². The van der Waals surface area contributed by atoms with Crippen LogP contribution in [0.2, 0.25) is 0 Å². The minimum Gasteiger partial charge on any atom is -0.355 e. The molecule has 2 N–H and O–H groups in total. The minimum absolute atomic E-state index is 0. The summed E-state index contributed by atoms with van der Waals surface area (Å²) in [5, 5.41) is 8.04. The van der Waals surface area contributed by atoms with Gasteiger partial charge in [-0.2, -0.15) is 0 Å². The van der Waals surface area contributed by atoms with E-state index in [1.807, 2.05) is 13.2 Å². The summed E-state index contributed by atoms with van der Waals surface area (Å²) in [5.74, 6) is 2.37. The van der Waals surface area contributed by atoms with Crippen LogP contribution in [0.3, 0.4) is 0 Å². The van der Waals surface area contributed by atoms with Crippen molar-refractivity contribution in [2.75, 3.05) is 26.7 Å². The van der Waals surface area contributed by atoms with Gasteiger partial charge in [-0.15, -0.1) is 35.3 Å². The smallest absolute Gasteiger partial charge is 0.191 e. The van der Waals surface area contributed by atoms with E-state index in [2.05, 4.69) is 53.2 Å². The number of guanidine groups is 1. The number of aromatic nitrogens is 1. The summed E-state index contributed by atoms with van der Waals surface area (Å²) in [6.45, 7) is 13.3.